The van der Waals surface area contributed by atoms with Gasteiger partial charge in [-0.3, -0.25) is 0 Å². The van der Waals surface area contributed by atoms with E-state index in [1.807, 2.05) is 18.2 Å². The van der Waals surface area contributed by atoms with Gasteiger partial charge in [-0.15, -0.1) is 0 Å². The Kier molecular flexibility index (Phi) is 4.80. The molecule has 0 bridgehead atoms. The first-order valence-corrected chi connectivity index (χ1v) is 8.91. The molecule has 1 fully saturated rings. The molecule has 1 aromatic carbocycles. The summed E-state index contributed by atoms with van der Waals surface area (Å²) >= 11 is 0. The van der Waals surface area contributed by atoms with Crippen LogP contribution in [-0.4, -0.2) is 28.4 Å². The summed E-state index contributed by atoms with van der Waals surface area (Å²) in [5.74, 6) is 0.972. The lowest BCUT2D eigenvalue weighted by atomic mass is 10.1. The van der Waals surface area contributed by atoms with Gasteiger partial charge in [0.1, 0.15) is 11.9 Å². The van der Waals surface area contributed by atoms with E-state index in [0.717, 1.165) is 24.3 Å². The summed E-state index contributed by atoms with van der Waals surface area (Å²) in [4.78, 5) is 0. The van der Waals surface area contributed by atoms with Crippen molar-refractivity contribution in [3.63, 3.8) is 0 Å². The van der Waals surface area contributed by atoms with Gasteiger partial charge in [0.15, 0.2) is 0 Å². The van der Waals surface area contributed by atoms with Crippen LogP contribution < -0.4 is 4.43 Å². The third-order valence-electron chi connectivity index (χ3n) is 2.84. The first-order chi connectivity index (χ1) is 8.70. The Morgan fingerprint density at radius 1 is 1.39 bits per heavy atom. The van der Waals surface area contributed by atoms with Crippen LogP contribution in [0.25, 0.3) is 0 Å². The molecule has 2 atom stereocenters. The molecular weight excluding hydrogens is 244 g/mol. The summed E-state index contributed by atoms with van der Waals surface area (Å²) in [6.07, 6.45) is 1.36. The molecule has 1 radical (unpaired) electrons. The second kappa shape index (κ2) is 6.36. The van der Waals surface area contributed by atoms with Gasteiger partial charge in [0, 0.05) is 5.56 Å². The Labute approximate surface area is 111 Å². The number of ether oxygens (including phenoxy) is 2. The fourth-order valence-corrected chi connectivity index (χ4v) is 2.50. The Hall–Kier alpha value is -0.843. The first kappa shape index (κ1) is 13.6. The van der Waals surface area contributed by atoms with Crippen molar-refractivity contribution >= 4 is 9.04 Å². The molecule has 1 aromatic rings. The Balaban J connectivity index is 2.06. The number of hydrogen-bond donors (Lipinski definition) is 0. The van der Waals surface area contributed by atoms with Gasteiger partial charge in [0.25, 0.3) is 9.04 Å². The van der Waals surface area contributed by atoms with Crippen LogP contribution in [0.5, 0.6) is 5.75 Å². The number of epoxide rings is 1. The highest BCUT2D eigenvalue weighted by atomic mass is 28.3. The van der Waals surface area contributed by atoms with E-state index in [-0.39, 0.29) is 6.10 Å². The standard InChI is InChI=1S/C14H21O3Si/c1-4-13(16-10-11-9-15-11)12-7-5-6-8-14(12)17-18(2)3/h5-8,11,13H,4,9-10H2,1-3H3. The second-order valence-electron chi connectivity index (χ2n) is 4.73. The summed E-state index contributed by atoms with van der Waals surface area (Å²) < 4.78 is 17.1. The molecule has 0 spiro atoms. The van der Waals surface area contributed by atoms with Crippen LogP contribution in [0.3, 0.4) is 0 Å². The molecule has 0 N–H and O–H groups in total. The zero-order valence-corrected chi connectivity index (χ0v) is 12.3. The van der Waals surface area contributed by atoms with E-state index in [4.69, 9.17) is 13.9 Å². The van der Waals surface area contributed by atoms with Crippen LogP contribution in [0.2, 0.25) is 13.1 Å². The average molecular weight is 265 g/mol. The molecule has 1 heterocycles. The van der Waals surface area contributed by atoms with Crippen molar-refractivity contribution in [2.45, 2.75) is 38.6 Å². The van der Waals surface area contributed by atoms with E-state index in [1.165, 1.54) is 0 Å². The normalized spacial score (nSPS) is 19.9. The summed E-state index contributed by atoms with van der Waals surface area (Å²) in [6, 6.07) is 8.19. The number of benzene rings is 1. The van der Waals surface area contributed by atoms with Crippen molar-refractivity contribution in [2.24, 2.45) is 0 Å². The topological polar surface area (TPSA) is 31.0 Å². The van der Waals surface area contributed by atoms with E-state index in [2.05, 4.69) is 26.1 Å². The first-order valence-electron chi connectivity index (χ1n) is 6.50. The van der Waals surface area contributed by atoms with Crippen molar-refractivity contribution in [3.8, 4) is 5.75 Å². The van der Waals surface area contributed by atoms with Crippen molar-refractivity contribution < 1.29 is 13.9 Å². The number of para-hydroxylation sites is 1. The highest BCUT2D eigenvalue weighted by molar-refractivity contribution is 6.49. The third kappa shape index (κ3) is 3.83. The van der Waals surface area contributed by atoms with Crippen LogP contribution in [0, 0.1) is 0 Å². The van der Waals surface area contributed by atoms with Crippen LogP contribution in [-0.2, 0) is 9.47 Å². The molecule has 1 aliphatic rings. The summed E-state index contributed by atoms with van der Waals surface area (Å²) in [5, 5.41) is 0. The van der Waals surface area contributed by atoms with Crippen molar-refractivity contribution in [1.82, 2.24) is 0 Å². The van der Waals surface area contributed by atoms with Gasteiger partial charge in [-0.2, -0.15) is 0 Å². The maximum atomic E-state index is 5.94. The minimum atomic E-state index is -0.749. The van der Waals surface area contributed by atoms with Crippen LogP contribution in [0.1, 0.15) is 25.0 Å². The SMILES string of the molecule is CCC(OCC1CO1)c1ccccc1O[Si](C)C. The number of rotatable bonds is 7. The summed E-state index contributed by atoms with van der Waals surface area (Å²) in [5.41, 5.74) is 1.16. The van der Waals surface area contributed by atoms with Crippen LogP contribution in [0.15, 0.2) is 24.3 Å². The van der Waals surface area contributed by atoms with E-state index in [9.17, 15) is 0 Å². The number of hydrogen-bond acceptors (Lipinski definition) is 3. The van der Waals surface area contributed by atoms with Crippen LogP contribution in [0.4, 0.5) is 0 Å². The smallest absolute Gasteiger partial charge is 0.274 e. The zero-order chi connectivity index (χ0) is 13.0. The maximum absolute atomic E-state index is 5.94. The van der Waals surface area contributed by atoms with Gasteiger partial charge in [0.05, 0.1) is 19.3 Å². The van der Waals surface area contributed by atoms with Gasteiger partial charge in [-0.1, -0.05) is 25.1 Å². The predicted molar refractivity (Wildman–Crippen MR) is 73.3 cm³/mol. The molecule has 0 amide bonds. The van der Waals surface area contributed by atoms with E-state index in [1.54, 1.807) is 0 Å². The third-order valence-corrected chi connectivity index (χ3v) is 3.46. The Morgan fingerprint density at radius 2 is 2.11 bits per heavy atom. The molecule has 0 saturated carbocycles. The molecule has 4 heteroatoms. The fourth-order valence-electron chi connectivity index (χ4n) is 1.87. The lowest BCUT2D eigenvalue weighted by molar-refractivity contribution is 0.0385. The molecular formula is C14H21O3Si. The average Bonchev–Trinajstić information content (AvgIpc) is 3.15. The molecule has 1 aliphatic heterocycles. The molecule has 2 rings (SSSR count). The Bertz CT molecular complexity index is 377. The summed E-state index contributed by atoms with van der Waals surface area (Å²) in [6.45, 7) is 7.94. The van der Waals surface area contributed by atoms with Crippen molar-refractivity contribution in [1.29, 1.82) is 0 Å². The quantitative estimate of drug-likeness (QED) is 0.560. The Morgan fingerprint density at radius 3 is 2.72 bits per heavy atom. The van der Waals surface area contributed by atoms with Gasteiger partial charge in [-0.05, 0) is 25.6 Å². The zero-order valence-electron chi connectivity index (χ0n) is 11.3. The largest absolute Gasteiger partial charge is 0.542 e. The minimum Gasteiger partial charge on any atom is -0.542 e. The van der Waals surface area contributed by atoms with Crippen molar-refractivity contribution in [2.75, 3.05) is 13.2 Å². The lowest BCUT2D eigenvalue weighted by Crippen LogP contribution is -2.15. The molecule has 1 saturated heterocycles. The lowest BCUT2D eigenvalue weighted by Gasteiger charge is -2.20. The van der Waals surface area contributed by atoms with Gasteiger partial charge in [-0.25, -0.2) is 0 Å². The molecule has 2 unspecified atom stereocenters. The van der Waals surface area contributed by atoms with Crippen LogP contribution >= 0.6 is 0 Å². The van der Waals surface area contributed by atoms with E-state index in [0.29, 0.717) is 12.7 Å². The summed E-state index contributed by atoms with van der Waals surface area (Å²) in [7, 11) is -0.749. The second-order valence-corrected chi connectivity index (χ2v) is 6.75. The molecule has 0 aliphatic carbocycles. The molecule has 18 heavy (non-hydrogen) atoms. The maximum Gasteiger partial charge on any atom is 0.274 e. The molecule has 0 aromatic heterocycles. The highest BCUT2D eigenvalue weighted by Gasteiger charge is 2.25. The van der Waals surface area contributed by atoms with Gasteiger partial charge in [0.2, 0.25) is 0 Å². The molecule has 99 valence electrons. The fraction of sp³-hybridized carbons (Fsp3) is 0.571. The highest BCUT2D eigenvalue weighted by Crippen LogP contribution is 2.31. The van der Waals surface area contributed by atoms with Gasteiger partial charge < -0.3 is 13.9 Å². The van der Waals surface area contributed by atoms with Crippen molar-refractivity contribution in [3.05, 3.63) is 29.8 Å². The minimum absolute atomic E-state index is 0.103. The van der Waals surface area contributed by atoms with E-state index < -0.39 is 9.04 Å². The molecule has 3 nitrogen and oxygen atoms in total. The van der Waals surface area contributed by atoms with Gasteiger partial charge >= 0.3 is 0 Å². The predicted octanol–water partition coefficient (Wildman–Crippen LogP) is 3.18. The monoisotopic (exact) mass is 265 g/mol. The van der Waals surface area contributed by atoms with E-state index >= 15 is 0 Å².